The number of fused-ring (bicyclic) bond motifs is 1. The van der Waals surface area contributed by atoms with Crippen molar-refractivity contribution >= 4 is 5.97 Å². The molecule has 0 unspecified atom stereocenters. The Morgan fingerprint density at radius 2 is 1.89 bits per heavy atom. The predicted molar refractivity (Wildman–Crippen MR) is 89.2 cm³/mol. The predicted octanol–water partition coefficient (Wildman–Crippen LogP) is 1.74. The number of benzene rings is 1. The van der Waals surface area contributed by atoms with E-state index in [0.717, 1.165) is 0 Å². The van der Waals surface area contributed by atoms with Crippen LogP contribution < -0.4 is 0 Å². The molecule has 0 amide bonds. The summed E-state index contributed by atoms with van der Waals surface area (Å²) in [5, 5.41) is 9.26. The second-order valence-corrected chi connectivity index (χ2v) is 7.33. The molecule has 144 valence electrons. The highest BCUT2D eigenvalue weighted by Gasteiger charge is 2.61. The topological polar surface area (TPSA) is 96.2 Å². The molecular formula is C19H21NO7. The summed E-state index contributed by atoms with van der Waals surface area (Å²) in [6.45, 7) is 5.38. The Bertz CT molecular complexity index is 761. The smallest absolute Gasteiger partial charge is 0.338 e. The van der Waals surface area contributed by atoms with Crippen LogP contribution in [0, 0.1) is 11.3 Å². The molecular weight excluding hydrogens is 354 g/mol. The van der Waals surface area contributed by atoms with E-state index in [0.29, 0.717) is 5.56 Å². The SMILES string of the molecule is CC1(C)OC[C@H]([C@@H]2O[C@@H]3O[C@@](C)(C#N)O[C@@H]3[C@H]2OC(=O)c2ccccc2)O1. The first-order chi connectivity index (χ1) is 12.8. The molecule has 3 aliphatic rings. The molecule has 0 aliphatic carbocycles. The van der Waals surface area contributed by atoms with Gasteiger partial charge in [-0.2, -0.15) is 5.26 Å². The van der Waals surface area contributed by atoms with Crippen LogP contribution in [0.15, 0.2) is 30.3 Å². The molecule has 0 saturated carbocycles. The minimum absolute atomic E-state index is 0.284. The molecule has 0 aromatic heterocycles. The molecule has 3 saturated heterocycles. The fraction of sp³-hybridized carbons (Fsp3) is 0.579. The van der Waals surface area contributed by atoms with Gasteiger partial charge in [-0.25, -0.2) is 4.79 Å². The average molecular weight is 375 g/mol. The van der Waals surface area contributed by atoms with Crippen molar-refractivity contribution < 1.29 is 33.2 Å². The van der Waals surface area contributed by atoms with Gasteiger partial charge in [0.15, 0.2) is 24.3 Å². The average Bonchev–Trinajstić information content (AvgIpc) is 3.27. The van der Waals surface area contributed by atoms with E-state index in [-0.39, 0.29) is 6.61 Å². The first kappa shape index (κ1) is 18.3. The van der Waals surface area contributed by atoms with E-state index in [1.165, 1.54) is 6.92 Å². The Labute approximate surface area is 156 Å². The van der Waals surface area contributed by atoms with Crippen LogP contribution in [0.2, 0.25) is 0 Å². The molecule has 0 spiro atoms. The van der Waals surface area contributed by atoms with E-state index in [9.17, 15) is 10.1 Å². The highest BCUT2D eigenvalue weighted by atomic mass is 16.9. The highest BCUT2D eigenvalue weighted by molar-refractivity contribution is 5.89. The molecule has 4 rings (SSSR count). The lowest BCUT2D eigenvalue weighted by molar-refractivity contribution is -0.218. The minimum atomic E-state index is -1.45. The lowest BCUT2D eigenvalue weighted by Crippen LogP contribution is -2.45. The van der Waals surface area contributed by atoms with Gasteiger partial charge in [0.05, 0.1) is 12.2 Å². The van der Waals surface area contributed by atoms with Crippen LogP contribution in [0.5, 0.6) is 0 Å². The molecule has 0 bridgehead atoms. The molecule has 27 heavy (non-hydrogen) atoms. The zero-order valence-electron chi connectivity index (χ0n) is 15.3. The maximum absolute atomic E-state index is 12.6. The number of nitriles is 1. The fourth-order valence-electron chi connectivity index (χ4n) is 3.51. The van der Waals surface area contributed by atoms with Crippen molar-refractivity contribution in [1.82, 2.24) is 0 Å². The second kappa shape index (κ2) is 6.55. The quantitative estimate of drug-likeness (QED) is 0.737. The number of nitrogens with zero attached hydrogens (tertiary/aromatic N) is 1. The van der Waals surface area contributed by atoms with Gasteiger partial charge in [-0.15, -0.1) is 0 Å². The lowest BCUT2D eigenvalue weighted by Gasteiger charge is -2.28. The van der Waals surface area contributed by atoms with Gasteiger partial charge in [-0.05, 0) is 26.0 Å². The standard InChI is InChI=1S/C19H21NO7/c1-18(2)22-9-12(25-18)13-14(23-16(21)11-7-5-4-6-8-11)15-17(24-13)27-19(3,10-20)26-15/h4-8,12-15,17H,9H2,1-3H3/t12-,13+,14+,15-,17-,19+/m1/s1. The van der Waals surface area contributed by atoms with Gasteiger partial charge >= 0.3 is 5.97 Å². The Hall–Kier alpha value is -2.02. The van der Waals surface area contributed by atoms with Crippen LogP contribution in [0.3, 0.4) is 0 Å². The Kier molecular flexibility index (Phi) is 4.45. The molecule has 0 N–H and O–H groups in total. The summed E-state index contributed by atoms with van der Waals surface area (Å²) in [7, 11) is 0. The van der Waals surface area contributed by atoms with Gasteiger partial charge in [-0.3, -0.25) is 0 Å². The maximum atomic E-state index is 12.6. The monoisotopic (exact) mass is 375 g/mol. The van der Waals surface area contributed by atoms with Gasteiger partial charge in [0.25, 0.3) is 5.79 Å². The minimum Gasteiger partial charge on any atom is -0.453 e. The molecule has 3 fully saturated rings. The van der Waals surface area contributed by atoms with Gasteiger partial charge in [0, 0.05) is 6.92 Å². The number of rotatable bonds is 3. The molecule has 1 aromatic rings. The number of hydrogen-bond donors (Lipinski definition) is 0. The summed E-state index contributed by atoms with van der Waals surface area (Å²) in [6, 6.07) is 10.6. The molecule has 1 aromatic carbocycles. The van der Waals surface area contributed by atoms with Crippen LogP contribution >= 0.6 is 0 Å². The van der Waals surface area contributed by atoms with E-state index in [1.807, 2.05) is 12.1 Å². The summed E-state index contributed by atoms with van der Waals surface area (Å²) in [5.41, 5.74) is 0.408. The van der Waals surface area contributed by atoms with E-state index >= 15 is 0 Å². The van der Waals surface area contributed by atoms with Crippen molar-refractivity contribution in [1.29, 1.82) is 5.26 Å². The normalized spacial score (nSPS) is 39.7. The second-order valence-electron chi connectivity index (χ2n) is 7.33. The van der Waals surface area contributed by atoms with E-state index in [1.54, 1.807) is 38.1 Å². The molecule has 8 heteroatoms. The summed E-state index contributed by atoms with van der Waals surface area (Å²) >= 11 is 0. The van der Waals surface area contributed by atoms with Crippen LogP contribution in [-0.2, 0) is 28.4 Å². The summed E-state index contributed by atoms with van der Waals surface area (Å²) in [4.78, 5) is 12.6. The fourth-order valence-corrected chi connectivity index (χ4v) is 3.51. The summed E-state index contributed by atoms with van der Waals surface area (Å²) in [5.74, 6) is -2.73. The van der Waals surface area contributed by atoms with Crippen LogP contribution in [0.1, 0.15) is 31.1 Å². The van der Waals surface area contributed by atoms with Crippen molar-refractivity contribution in [3.05, 3.63) is 35.9 Å². The van der Waals surface area contributed by atoms with E-state index in [2.05, 4.69) is 0 Å². The molecule has 3 heterocycles. The summed E-state index contributed by atoms with van der Waals surface area (Å²) < 4.78 is 34.5. The number of carbonyl (C=O) groups is 1. The number of carbonyl (C=O) groups excluding carboxylic acids is 1. The highest BCUT2D eigenvalue weighted by Crippen LogP contribution is 2.42. The number of ether oxygens (including phenoxy) is 6. The molecule has 0 radical (unpaired) electrons. The Morgan fingerprint density at radius 3 is 2.52 bits per heavy atom. The van der Waals surface area contributed by atoms with Crippen LogP contribution in [0.4, 0.5) is 0 Å². The third-order valence-corrected chi connectivity index (χ3v) is 4.76. The van der Waals surface area contributed by atoms with Crippen molar-refractivity contribution in [2.75, 3.05) is 6.61 Å². The van der Waals surface area contributed by atoms with Crippen molar-refractivity contribution in [3.63, 3.8) is 0 Å². The molecule has 8 nitrogen and oxygen atoms in total. The zero-order chi connectivity index (χ0) is 19.2. The van der Waals surface area contributed by atoms with Gasteiger partial charge in [0.2, 0.25) is 0 Å². The third-order valence-electron chi connectivity index (χ3n) is 4.76. The Morgan fingerprint density at radius 1 is 1.15 bits per heavy atom. The van der Waals surface area contributed by atoms with E-state index < -0.39 is 48.2 Å². The number of esters is 1. The maximum Gasteiger partial charge on any atom is 0.338 e. The zero-order valence-corrected chi connectivity index (χ0v) is 15.3. The van der Waals surface area contributed by atoms with Gasteiger partial charge < -0.3 is 28.4 Å². The van der Waals surface area contributed by atoms with Gasteiger partial charge in [-0.1, -0.05) is 18.2 Å². The molecule has 3 aliphatic heterocycles. The van der Waals surface area contributed by atoms with Gasteiger partial charge in [0.1, 0.15) is 18.3 Å². The number of hydrogen-bond acceptors (Lipinski definition) is 8. The van der Waals surface area contributed by atoms with E-state index in [4.69, 9.17) is 28.4 Å². The van der Waals surface area contributed by atoms with Crippen molar-refractivity contribution in [2.45, 2.75) is 63.1 Å². The van der Waals surface area contributed by atoms with Crippen molar-refractivity contribution in [3.8, 4) is 6.07 Å². The van der Waals surface area contributed by atoms with Crippen molar-refractivity contribution in [2.24, 2.45) is 0 Å². The first-order valence-corrected chi connectivity index (χ1v) is 8.80. The lowest BCUT2D eigenvalue weighted by atomic mass is 10.1. The first-order valence-electron chi connectivity index (χ1n) is 8.80. The third kappa shape index (κ3) is 3.45. The largest absolute Gasteiger partial charge is 0.453 e. The van der Waals surface area contributed by atoms with Crippen LogP contribution in [0.25, 0.3) is 0 Å². The molecule has 6 atom stereocenters. The summed E-state index contributed by atoms with van der Waals surface area (Å²) in [6.07, 6.45) is -3.47. The van der Waals surface area contributed by atoms with Crippen LogP contribution in [-0.4, -0.2) is 54.9 Å². The Balaban J connectivity index is 1.57.